The Labute approximate surface area is 118 Å². The van der Waals surface area contributed by atoms with Crippen LogP contribution in [0.3, 0.4) is 0 Å². The number of methoxy groups -OCH3 is 1. The van der Waals surface area contributed by atoms with Gasteiger partial charge in [-0.05, 0) is 42.8 Å². The van der Waals surface area contributed by atoms with Gasteiger partial charge in [0.05, 0.1) is 13.2 Å². The molecule has 0 spiro atoms. The fraction of sp³-hybridized carbons (Fsp3) is 0.188. The summed E-state index contributed by atoms with van der Waals surface area (Å²) in [4.78, 5) is 12.1. The highest BCUT2D eigenvalue weighted by Gasteiger charge is 2.12. The molecule has 20 heavy (non-hydrogen) atoms. The van der Waals surface area contributed by atoms with Gasteiger partial charge in [-0.2, -0.15) is 0 Å². The van der Waals surface area contributed by atoms with E-state index in [0.717, 1.165) is 11.3 Å². The maximum absolute atomic E-state index is 12.1. The van der Waals surface area contributed by atoms with E-state index in [1.54, 1.807) is 31.4 Å². The molecule has 1 amide bonds. The van der Waals surface area contributed by atoms with Gasteiger partial charge in [0.1, 0.15) is 5.75 Å². The molecule has 104 valence electrons. The number of carbonyl (C=O) groups is 1. The van der Waals surface area contributed by atoms with Crippen LogP contribution in [0.5, 0.6) is 5.75 Å². The molecule has 0 aliphatic rings. The molecule has 1 unspecified atom stereocenters. The second-order valence-corrected chi connectivity index (χ2v) is 4.60. The lowest BCUT2D eigenvalue weighted by atomic mass is 10.1. The minimum Gasteiger partial charge on any atom is -0.497 e. The largest absolute Gasteiger partial charge is 0.497 e. The van der Waals surface area contributed by atoms with Crippen LogP contribution in [0.15, 0.2) is 48.5 Å². The third kappa shape index (κ3) is 3.29. The van der Waals surface area contributed by atoms with Crippen LogP contribution in [0.25, 0.3) is 0 Å². The summed E-state index contributed by atoms with van der Waals surface area (Å²) >= 11 is 0. The molecular formula is C16H18N2O2. The minimum atomic E-state index is -0.146. The normalized spacial score (nSPS) is 11.7. The first kappa shape index (κ1) is 13.9. The van der Waals surface area contributed by atoms with Crippen LogP contribution < -0.4 is 15.8 Å². The van der Waals surface area contributed by atoms with Gasteiger partial charge in [-0.1, -0.05) is 18.2 Å². The van der Waals surface area contributed by atoms with Crippen LogP contribution >= 0.6 is 0 Å². The summed E-state index contributed by atoms with van der Waals surface area (Å²) in [6.45, 7) is 1.93. The molecule has 0 saturated heterocycles. The Kier molecular flexibility index (Phi) is 4.25. The zero-order valence-corrected chi connectivity index (χ0v) is 11.6. The average molecular weight is 270 g/mol. The van der Waals surface area contributed by atoms with Gasteiger partial charge in [0.15, 0.2) is 0 Å². The molecule has 3 N–H and O–H groups in total. The van der Waals surface area contributed by atoms with Gasteiger partial charge in [-0.15, -0.1) is 0 Å². The summed E-state index contributed by atoms with van der Waals surface area (Å²) in [6.07, 6.45) is 0. The molecule has 4 nitrogen and oxygen atoms in total. The van der Waals surface area contributed by atoms with Gasteiger partial charge in [-0.25, -0.2) is 0 Å². The van der Waals surface area contributed by atoms with Crippen molar-refractivity contribution in [2.24, 2.45) is 0 Å². The van der Waals surface area contributed by atoms with Gasteiger partial charge in [0, 0.05) is 11.3 Å². The summed E-state index contributed by atoms with van der Waals surface area (Å²) in [6, 6.07) is 14.4. The zero-order valence-electron chi connectivity index (χ0n) is 11.6. The Morgan fingerprint density at radius 2 is 1.95 bits per heavy atom. The zero-order chi connectivity index (χ0) is 14.5. The molecule has 0 radical (unpaired) electrons. The van der Waals surface area contributed by atoms with E-state index in [0.29, 0.717) is 11.3 Å². The van der Waals surface area contributed by atoms with Crippen molar-refractivity contribution < 1.29 is 9.53 Å². The molecule has 0 aromatic heterocycles. The molecule has 0 heterocycles. The second-order valence-electron chi connectivity index (χ2n) is 4.60. The van der Waals surface area contributed by atoms with Gasteiger partial charge in [0.2, 0.25) is 0 Å². The molecular weight excluding hydrogens is 252 g/mol. The Balaban J connectivity index is 2.10. The molecule has 0 aliphatic heterocycles. The highest BCUT2D eigenvalue weighted by molar-refractivity contribution is 5.95. The molecule has 0 saturated carbocycles. The van der Waals surface area contributed by atoms with E-state index in [1.165, 1.54) is 0 Å². The number of hydrogen-bond acceptors (Lipinski definition) is 3. The summed E-state index contributed by atoms with van der Waals surface area (Å²) in [7, 11) is 1.62. The van der Waals surface area contributed by atoms with E-state index in [-0.39, 0.29) is 11.9 Å². The number of carbonyl (C=O) groups excluding carboxylic acids is 1. The van der Waals surface area contributed by atoms with E-state index in [2.05, 4.69) is 5.32 Å². The first-order chi connectivity index (χ1) is 9.60. The van der Waals surface area contributed by atoms with Crippen LogP contribution in [0.4, 0.5) is 5.69 Å². The third-order valence-corrected chi connectivity index (χ3v) is 3.09. The number of nitrogen functional groups attached to an aromatic ring is 1. The van der Waals surface area contributed by atoms with E-state index in [1.807, 2.05) is 31.2 Å². The highest BCUT2D eigenvalue weighted by atomic mass is 16.5. The molecule has 0 aliphatic carbocycles. The maximum Gasteiger partial charge on any atom is 0.251 e. The molecule has 1 atom stereocenters. The first-order valence-electron chi connectivity index (χ1n) is 6.40. The van der Waals surface area contributed by atoms with Crippen molar-refractivity contribution in [3.63, 3.8) is 0 Å². The van der Waals surface area contributed by atoms with Crippen LogP contribution in [-0.2, 0) is 0 Å². The summed E-state index contributed by atoms with van der Waals surface area (Å²) < 4.78 is 5.18. The van der Waals surface area contributed by atoms with Crippen LogP contribution in [0.2, 0.25) is 0 Å². The number of hydrogen-bond donors (Lipinski definition) is 2. The molecule has 4 heteroatoms. The molecule has 2 rings (SSSR count). The third-order valence-electron chi connectivity index (χ3n) is 3.09. The second kappa shape index (κ2) is 6.10. The lowest BCUT2D eigenvalue weighted by Crippen LogP contribution is -2.26. The van der Waals surface area contributed by atoms with Crippen molar-refractivity contribution in [2.45, 2.75) is 13.0 Å². The molecule has 0 fully saturated rings. The Morgan fingerprint density at radius 3 is 2.65 bits per heavy atom. The number of nitrogens with two attached hydrogens (primary N) is 1. The van der Waals surface area contributed by atoms with Gasteiger partial charge < -0.3 is 15.8 Å². The van der Waals surface area contributed by atoms with Gasteiger partial charge in [-0.3, -0.25) is 4.79 Å². The van der Waals surface area contributed by atoms with Crippen LogP contribution in [0, 0.1) is 0 Å². The summed E-state index contributed by atoms with van der Waals surface area (Å²) in [5.41, 5.74) is 7.80. The number of benzene rings is 2. The maximum atomic E-state index is 12.1. The van der Waals surface area contributed by atoms with Crippen molar-refractivity contribution in [3.05, 3.63) is 59.7 Å². The Morgan fingerprint density at radius 1 is 1.20 bits per heavy atom. The standard InChI is InChI=1S/C16H18N2O2/c1-11(12-5-4-8-15(10-12)20-2)18-16(19)13-6-3-7-14(17)9-13/h3-11H,17H2,1-2H3,(H,18,19). The number of amides is 1. The SMILES string of the molecule is COc1cccc(C(C)NC(=O)c2cccc(N)c2)c1. The molecule has 0 bridgehead atoms. The lowest BCUT2D eigenvalue weighted by Gasteiger charge is -2.15. The van der Waals surface area contributed by atoms with E-state index in [9.17, 15) is 4.79 Å². The number of anilines is 1. The predicted octanol–water partition coefficient (Wildman–Crippen LogP) is 2.77. The lowest BCUT2D eigenvalue weighted by molar-refractivity contribution is 0.0940. The topological polar surface area (TPSA) is 64.3 Å². The van der Waals surface area contributed by atoms with E-state index in [4.69, 9.17) is 10.5 Å². The fourth-order valence-corrected chi connectivity index (χ4v) is 1.95. The quantitative estimate of drug-likeness (QED) is 0.840. The fourth-order valence-electron chi connectivity index (χ4n) is 1.95. The van der Waals surface area contributed by atoms with Gasteiger partial charge >= 0.3 is 0 Å². The summed E-state index contributed by atoms with van der Waals surface area (Å²) in [5.74, 6) is 0.625. The highest BCUT2D eigenvalue weighted by Crippen LogP contribution is 2.19. The summed E-state index contributed by atoms with van der Waals surface area (Å²) in [5, 5.41) is 2.94. The van der Waals surface area contributed by atoms with Gasteiger partial charge in [0.25, 0.3) is 5.91 Å². The number of nitrogens with one attached hydrogen (secondary N) is 1. The Hall–Kier alpha value is -2.49. The number of rotatable bonds is 4. The number of ether oxygens (including phenoxy) is 1. The van der Waals surface area contributed by atoms with E-state index < -0.39 is 0 Å². The minimum absolute atomic E-state index is 0.112. The van der Waals surface area contributed by atoms with Crippen molar-refractivity contribution in [2.75, 3.05) is 12.8 Å². The monoisotopic (exact) mass is 270 g/mol. The van der Waals surface area contributed by atoms with Crippen LogP contribution in [0.1, 0.15) is 28.9 Å². The van der Waals surface area contributed by atoms with Crippen LogP contribution in [-0.4, -0.2) is 13.0 Å². The Bertz CT molecular complexity index is 611. The average Bonchev–Trinajstić information content (AvgIpc) is 2.47. The van der Waals surface area contributed by atoms with Crippen molar-refractivity contribution >= 4 is 11.6 Å². The first-order valence-corrected chi connectivity index (χ1v) is 6.40. The predicted molar refractivity (Wildman–Crippen MR) is 79.7 cm³/mol. The van der Waals surface area contributed by atoms with E-state index >= 15 is 0 Å². The van der Waals surface area contributed by atoms with Crippen molar-refractivity contribution in [1.29, 1.82) is 0 Å². The molecule has 2 aromatic rings. The van der Waals surface area contributed by atoms with Crippen molar-refractivity contribution in [3.8, 4) is 5.75 Å². The smallest absolute Gasteiger partial charge is 0.251 e. The van der Waals surface area contributed by atoms with Crippen molar-refractivity contribution in [1.82, 2.24) is 5.32 Å². The molecule has 2 aromatic carbocycles.